The van der Waals surface area contributed by atoms with Gasteiger partial charge in [-0.25, -0.2) is 4.98 Å². The Bertz CT molecular complexity index is 1260. The Morgan fingerprint density at radius 3 is 2.84 bits per heavy atom. The van der Waals surface area contributed by atoms with Crippen LogP contribution >= 0.6 is 0 Å². The fourth-order valence-electron chi connectivity index (χ4n) is 5.06. The molecule has 1 aliphatic rings. The standard InChI is InChI=1S/C30H37N5O3/c1-34-21-33-20-28(34)27(32)16-22-11-12-24(19-31)29(17-22)38-25-9-7-8-23(18-25)26-10-3-4-13-35(30(26)36)14-5-6-15-37-2/h7-9,11-12,17-18,20-21,26-27H,3-6,10,13-16,32H2,1-2H3. The highest BCUT2D eigenvalue weighted by Crippen LogP contribution is 2.33. The maximum Gasteiger partial charge on any atom is 0.230 e. The lowest BCUT2D eigenvalue weighted by molar-refractivity contribution is -0.132. The summed E-state index contributed by atoms with van der Waals surface area (Å²) in [5.41, 5.74) is 9.72. The molecule has 1 amide bonds. The molecule has 2 aromatic carbocycles. The summed E-state index contributed by atoms with van der Waals surface area (Å²) in [6.45, 7) is 2.28. The number of hydrogen-bond acceptors (Lipinski definition) is 6. The first-order valence-corrected chi connectivity index (χ1v) is 13.3. The number of aryl methyl sites for hydroxylation is 1. The van der Waals surface area contributed by atoms with Crippen molar-refractivity contribution >= 4 is 5.91 Å². The maximum atomic E-state index is 13.4. The summed E-state index contributed by atoms with van der Waals surface area (Å²) in [6, 6.07) is 15.3. The van der Waals surface area contributed by atoms with Crippen molar-refractivity contribution in [2.24, 2.45) is 12.8 Å². The largest absolute Gasteiger partial charge is 0.456 e. The van der Waals surface area contributed by atoms with Crippen LogP contribution in [-0.4, -0.2) is 47.2 Å². The van der Waals surface area contributed by atoms with E-state index < -0.39 is 0 Å². The summed E-state index contributed by atoms with van der Waals surface area (Å²) >= 11 is 0. The number of rotatable bonds is 11. The van der Waals surface area contributed by atoms with Gasteiger partial charge in [0, 0.05) is 40.1 Å². The van der Waals surface area contributed by atoms with Gasteiger partial charge >= 0.3 is 0 Å². The Morgan fingerprint density at radius 1 is 1.21 bits per heavy atom. The molecule has 200 valence electrons. The number of likely N-dealkylation sites (tertiary alicyclic amines) is 1. The van der Waals surface area contributed by atoms with Gasteiger partial charge in [0.25, 0.3) is 0 Å². The predicted molar refractivity (Wildman–Crippen MR) is 146 cm³/mol. The lowest BCUT2D eigenvalue weighted by Gasteiger charge is -2.25. The summed E-state index contributed by atoms with van der Waals surface area (Å²) < 4.78 is 13.3. The molecular formula is C30H37N5O3. The highest BCUT2D eigenvalue weighted by Gasteiger charge is 2.28. The molecule has 0 aliphatic carbocycles. The number of hydrogen-bond donors (Lipinski definition) is 1. The van der Waals surface area contributed by atoms with Gasteiger partial charge in [0.15, 0.2) is 0 Å². The van der Waals surface area contributed by atoms with Crippen LogP contribution in [0.1, 0.15) is 66.4 Å². The quantitative estimate of drug-likeness (QED) is 0.366. The molecule has 4 rings (SSSR count). The van der Waals surface area contributed by atoms with Crippen molar-refractivity contribution in [1.29, 1.82) is 5.26 Å². The molecule has 3 aromatic rings. The minimum absolute atomic E-state index is 0.181. The number of imidazole rings is 1. The molecule has 2 N–H and O–H groups in total. The summed E-state index contributed by atoms with van der Waals surface area (Å²) in [6.07, 6.45) is 8.81. The van der Waals surface area contributed by atoms with Crippen molar-refractivity contribution in [1.82, 2.24) is 14.5 Å². The second kappa shape index (κ2) is 13.2. The van der Waals surface area contributed by atoms with E-state index in [1.165, 1.54) is 0 Å². The molecule has 8 heteroatoms. The smallest absolute Gasteiger partial charge is 0.230 e. The minimum Gasteiger partial charge on any atom is -0.456 e. The summed E-state index contributed by atoms with van der Waals surface area (Å²) in [4.78, 5) is 19.6. The first-order valence-electron chi connectivity index (χ1n) is 13.3. The fourth-order valence-corrected chi connectivity index (χ4v) is 5.06. The van der Waals surface area contributed by atoms with E-state index in [9.17, 15) is 10.1 Å². The third kappa shape index (κ3) is 6.80. The molecule has 2 atom stereocenters. The molecule has 0 spiro atoms. The zero-order valence-corrected chi connectivity index (χ0v) is 22.3. The highest BCUT2D eigenvalue weighted by atomic mass is 16.5. The Kier molecular flexibility index (Phi) is 9.52. The number of unbranched alkanes of at least 4 members (excludes halogenated alkanes) is 1. The van der Waals surface area contributed by atoms with Crippen LogP contribution in [0.5, 0.6) is 11.5 Å². The second-order valence-corrected chi connectivity index (χ2v) is 9.93. The van der Waals surface area contributed by atoms with Crippen molar-refractivity contribution in [3.63, 3.8) is 0 Å². The van der Waals surface area contributed by atoms with Crippen molar-refractivity contribution in [2.75, 3.05) is 26.8 Å². The van der Waals surface area contributed by atoms with E-state index in [1.54, 1.807) is 25.7 Å². The van der Waals surface area contributed by atoms with Crippen LogP contribution in [0.2, 0.25) is 0 Å². The lowest BCUT2D eigenvalue weighted by Crippen LogP contribution is -2.35. The molecular weight excluding hydrogens is 478 g/mol. The van der Waals surface area contributed by atoms with Crippen LogP contribution in [0, 0.1) is 11.3 Å². The second-order valence-electron chi connectivity index (χ2n) is 9.93. The van der Waals surface area contributed by atoms with Crippen LogP contribution in [0.3, 0.4) is 0 Å². The number of nitrogens with two attached hydrogens (primary N) is 1. The van der Waals surface area contributed by atoms with Crippen molar-refractivity contribution < 1.29 is 14.3 Å². The normalized spacial score (nSPS) is 16.6. The fraction of sp³-hybridized carbons (Fsp3) is 0.433. The van der Waals surface area contributed by atoms with Gasteiger partial charge in [-0.15, -0.1) is 0 Å². The SMILES string of the molecule is COCCCCN1CCCCC(c2cccc(Oc3cc(CC(N)c4cncn4C)ccc3C#N)c2)C1=O. The topological polar surface area (TPSA) is 106 Å². The van der Waals surface area contributed by atoms with Gasteiger partial charge in [0.2, 0.25) is 5.91 Å². The molecule has 1 fully saturated rings. The van der Waals surface area contributed by atoms with E-state index in [0.29, 0.717) is 30.1 Å². The molecule has 38 heavy (non-hydrogen) atoms. The molecule has 2 unspecified atom stereocenters. The van der Waals surface area contributed by atoms with Crippen molar-refractivity contribution in [2.45, 2.75) is 50.5 Å². The predicted octanol–water partition coefficient (Wildman–Crippen LogP) is 4.85. The van der Waals surface area contributed by atoms with Crippen molar-refractivity contribution in [3.05, 3.63) is 77.4 Å². The molecule has 8 nitrogen and oxygen atoms in total. The third-order valence-electron chi connectivity index (χ3n) is 7.15. The van der Waals surface area contributed by atoms with E-state index >= 15 is 0 Å². The van der Waals surface area contributed by atoms with Gasteiger partial charge in [-0.3, -0.25) is 4.79 Å². The minimum atomic E-state index is -0.231. The van der Waals surface area contributed by atoms with E-state index in [1.807, 2.05) is 52.9 Å². The van der Waals surface area contributed by atoms with Gasteiger partial charge in [0.05, 0.1) is 29.5 Å². The van der Waals surface area contributed by atoms with Gasteiger partial charge < -0.3 is 24.7 Å². The van der Waals surface area contributed by atoms with Crippen LogP contribution in [0.4, 0.5) is 0 Å². The van der Waals surface area contributed by atoms with E-state index in [4.69, 9.17) is 15.2 Å². The first-order chi connectivity index (χ1) is 18.5. The highest BCUT2D eigenvalue weighted by molar-refractivity contribution is 5.84. The number of carbonyl (C=O) groups is 1. The Labute approximate surface area is 225 Å². The lowest BCUT2D eigenvalue weighted by atomic mass is 9.93. The van der Waals surface area contributed by atoms with Crippen molar-refractivity contribution in [3.8, 4) is 17.6 Å². The maximum absolute atomic E-state index is 13.4. The summed E-state index contributed by atoms with van der Waals surface area (Å²) in [7, 11) is 3.62. The molecule has 1 saturated heterocycles. The Morgan fingerprint density at radius 2 is 2.08 bits per heavy atom. The zero-order valence-electron chi connectivity index (χ0n) is 22.3. The molecule has 0 radical (unpaired) electrons. The van der Waals surface area contributed by atoms with Gasteiger partial charge in [-0.1, -0.05) is 24.6 Å². The molecule has 0 saturated carbocycles. The van der Waals surface area contributed by atoms with Gasteiger partial charge in [-0.05, 0) is 67.5 Å². The van der Waals surface area contributed by atoms with E-state index in [-0.39, 0.29) is 17.9 Å². The van der Waals surface area contributed by atoms with E-state index in [2.05, 4.69) is 11.1 Å². The number of amides is 1. The monoisotopic (exact) mass is 515 g/mol. The third-order valence-corrected chi connectivity index (χ3v) is 7.15. The number of aromatic nitrogens is 2. The number of nitriles is 1. The summed E-state index contributed by atoms with van der Waals surface area (Å²) in [5.74, 6) is 1.07. The molecule has 2 heterocycles. The molecule has 0 bridgehead atoms. The number of methoxy groups -OCH3 is 1. The number of carbonyl (C=O) groups excluding carboxylic acids is 1. The summed E-state index contributed by atoms with van der Waals surface area (Å²) in [5, 5.41) is 9.69. The zero-order chi connectivity index (χ0) is 26.9. The molecule has 1 aromatic heterocycles. The van der Waals surface area contributed by atoms with Crippen LogP contribution in [-0.2, 0) is 23.0 Å². The average Bonchev–Trinajstić information content (AvgIpc) is 3.27. The number of benzene rings is 2. The van der Waals surface area contributed by atoms with Crippen LogP contribution < -0.4 is 10.5 Å². The number of nitrogens with zero attached hydrogens (tertiary/aromatic N) is 4. The van der Waals surface area contributed by atoms with Crippen LogP contribution in [0.15, 0.2) is 55.0 Å². The number of ether oxygens (including phenoxy) is 2. The molecule has 1 aliphatic heterocycles. The Hall–Kier alpha value is -3.67. The van der Waals surface area contributed by atoms with Crippen LogP contribution in [0.25, 0.3) is 0 Å². The average molecular weight is 516 g/mol. The van der Waals surface area contributed by atoms with Gasteiger partial charge in [0.1, 0.15) is 17.6 Å². The van der Waals surface area contributed by atoms with Gasteiger partial charge in [-0.2, -0.15) is 5.26 Å². The Balaban J connectivity index is 1.50. The first kappa shape index (κ1) is 27.4. The van der Waals surface area contributed by atoms with E-state index in [0.717, 1.165) is 62.0 Å².